The van der Waals surface area contributed by atoms with E-state index in [9.17, 15) is 14.2 Å². The van der Waals surface area contributed by atoms with Gasteiger partial charge in [0.1, 0.15) is 17.1 Å². The SMILES string of the molecule is CCCCCOC(=O)CCP(=O)(C(=O)c1c(OC)cccc1OC)c1ccccc1. The molecule has 0 N–H and O–H groups in total. The van der Waals surface area contributed by atoms with Gasteiger partial charge < -0.3 is 18.8 Å². The van der Waals surface area contributed by atoms with E-state index in [0.717, 1.165) is 19.3 Å². The average molecular weight is 432 g/mol. The zero-order chi connectivity index (χ0) is 22.0. The third-order valence-electron chi connectivity index (χ3n) is 4.78. The lowest BCUT2D eigenvalue weighted by Crippen LogP contribution is -2.19. The van der Waals surface area contributed by atoms with E-state index in [2.05, 4.69) is 6.92 Å². The Bertz CT molecular complexity index is 872. The number of hydrogen-bond acceptors (Lipinski definition) is 6. The third kappa shape index (κ3) is 5.73. The number of carbonyl (C=O) groups is 2. The summed E-state index contributed by atoms with van der Waals surface area (Å²) < 4.78 is 29.9. The van der Waals surface area contributed by atoms with Crippen molar-refractivity contribution in [2.45, 2.75) is 32.6 Å². The van der Waals surface area contributed by atoms with Crippen molar-refractivity contribution >= 4 is 23.9 Å². The maximum absolute atomic E-state index is 14.1. The molecule has 0 saturated carbocycles. The number of rotatable bonds is 12. The number of carbonyl (C=O) groups excluding carboxylic acids is 2. The highest BCUT2D eigenvalue weighted by molar-refractivity contribution is 7.87. The van der Waals surface area contributed by atoms with Crippen molar-refractivity contribution in [2.24, 2.45) is 0 Å². The molecule has 30 heavy (non-hydrogen) atoms. The third-order valence-corrected chi connectivity index (χ3v) is 7.65. The Hall–Kier alpha value is -2.59. The van der Waals surface area contributed by atoms with Crippen LogP contribution in [0.3, 0.4) is 0 Å². The fourth-order valence-electron chi connectivity index (χ4n) is 3.12. The Labute approximate surface area is 177 Å². The van der Waals surface area contributed by atoms with Gasteiger partial charge in [0.2, 0.25) is 5.52 Å². The predicted octanol–water partition coefficient (Wildman–Crippen LogP) is 4.66. The highest BCUT2D eigenvalue weighted by Crippen LogP contribution is 2.51. The van der Waals surface area contributed by atoms with Gasteiger partial charge in [0.05, 0.1) is 27.2 Å². The van der Waals surface area contributed by atoms with Crippen molar-refractivity contribution < 1.29 is 28.4 Å². The predicted molar refractivity (Wildman–Crippen MR) is 118 cm³/mol. The molecular weight excluding hydrogens is 403 g/mol. The van der Waals surface area contributed by atoms with Crippen LogP contribution in [0, 0.1) is 0 Å². The van der Waals surface area contributed by atoms with Crippen LogP contribution < -0.4 is 14.8 Å². The molecule has 0 spiro atoms. The number of methoxy groups -OCH3 is 2. The van der Waals surface area contributed by atoms with Crippen molar-refractivity contribution in [3.63, 3.8) is 0 Å². The quantitative estimate of drug-likeness (QED) is 0.276. The maximum atomic E-state index is 14.1. The molecule has 0 aliphatic rings. The molecule has 7 heteroatoms. The molecule has 0 fully saturated rings. The summed E-state index contributed by atoms with van der Waals surface area (Å²) in [5.74, 6) is 0.0948. The molecule has 1 atom stereocenters. The van der Waals surface area contributed by atoms with Gasteiger partial charge in [0, 0.05) is 11.5 Å². The summed E-state index contributed by atoms with van der Waals surface area (Å²) in [5, 5.41) is 0.391. The van der Waals surface area contributed by atoms with E-state index >= 15 is 0 Å². The van der Waals surface area contributed by atoms with E-state index in [1.807, 2.05) is 0 Å². The molecule has 2 aromatic carbocycles. The van der Waals surface area contributed by atoms with Crippen molar-refractivity contribution in [3.05, 3.63) is 54.1 Å². The maximum Gasteiger partial charge on any atom is 0.306 e. The molecule has 2 aromatic rings. The highest BCUT2D eigenvalue weighted by Gasteiger charge is 2.38. The van der Waals surface area contributed by atoms with Crippen molar-refractivity contribution in [2.75, 3.05) is 27.0 Å². The number of unbranched alkanes of at least 4 members (excludes halogenated alkanes) is 2. The van der Waals surface area contributed by atoms with Gasteiger partial charge >= 0.3 is 5.97 Å². The molecule has 0 bridgehead atoms. The Kier molecular flexibility index (Phi) is 9.13. The van der Waals surface area contributed by atoms with Gasteiger partial charge in [-0.15, -0.1) is 0 Å². The fraction of sp³-hybridized carbons (Fsp3) is 0.391. The van der Waals surface area contributed by atoms with E-state index in [1.165, 1.54) is 14.2 Å². The number of ether oxygens (including phenoxy) is 3. The Morgan fingerprint density at radius 1 is 0.900 bits per heavy atom. The first-order valence-electron chi connectivity index (χ1n) is 10.0. The van der Waals surface area contributed by atoms with Crippen molar-refractivity contribution in [1.82, 2.24) is 0 Å². The average Bonchev–Trinajstić information content (AvgIpc) is 2.79. The first-order chi connectivity index (χ1) is 14.5. The van der Waals surface area contributed by atoms with Crippen LogP contribution in [0.15, 0.2) is 48.5 Å². The van der Waals surface area contributed by atoms with Gasteiger partial charge in [0.25, 0.3) is 0 Å². The lowest BCUT2D eigenvalue weighted by atomic mass is 10.2. The number of esters is 1. The highest BCUT2D eigenvalue weighted by atomic mass is 31.2. The lowest BCUT2D eigenvalue weighted by molar-refractivity contribution is -0.143. The van der Waals surface area contributed by atoms with Crippen LogP contribution in [0.1, 0.15) is 43.0 Å². The minimum absolute atomic E-state index is 0.110. The summed E-state index contributed by atoms with van der Waals surface area (Å²) in [6, 6.07) is 13.4. The molecule has 2 rings (SSSR count). The summed E-state index contributed by atoms with van der Waals surface area (Å²) in [6.45, 7) is 2.40. The molecule has 0 saturated heterocycles. The van der Waals surface area contributed by atoms with Gasteiger partial charge in [-0.1, -0.05) is 56.2 Å². The van der Waals surface area contributed by atoms with Gasteiger partial charge in [-0.3, -0.25) is 9.59 Å². The summed E-state index contributed by atoms with van der Waals surface area (Å²) in [6.07, 6.45) is 2.55. The van der Waals surface area contributed by atoms with E-state index in [0.29, 0.717) is 11.9 Å². The minimum Gasteiger partial charge on any atom is -0.496 e. The number of benzene rings is 2. The summed E-state index contributed by atoms with van der Waals surface area (Å²) >= 11 is 0. The first kappa shape index (κ1) is 23.7. The van der Waals surface area contributed by atoms with Crippen LogP contribution in [0.25, 0.3) is 0 Å². The lowest BCUT2D eigenvalue weighted by Gasteiger charge is -2.20. The van der Waals surface area contributed by atoms with E-state index in [4.69, 9.17) is 14.2 Å². The molecule has 0 aliphatic heterocycles. The fourth-order valence-corrected chi connectivity index (χ4v) is 5.55. The van der Waals surface area contributed by atoms with E-state index < -0.39 is 18.6 Å². The zero-order valence-corrected chi connectivity index (χ0v) is 18.7. The van der Waals surface area contributed by atoms with Crippen LogP contribution in [0.2, 0.25) is 0 Å². The summed E-state index contributed by atoms with van der Waals surface area (Å²) in [4.78, 5) is 25.7. The molecule has 6 nitrogen and oxygen atoms in total. The topological polar surface area (TPSA) is 78.9 Å². The summed E-state index contributed by atoms with van der Waals surface area (Å²) in [5.41, 5.74) is -0.479. The van der Waals surface area contributed by atoms with Gasteiger partial charge in [-0.25, -0.2) is 0 Å². The van der Waals surface area contributed by atoms with Crippen LogP contribution in [0.4, 0.5) is 0 Å². The van der Waals surface area contributed by atoms with Gasteiger partial charge in [0.15, 0.2) is 7.14 Å². The van der Waals surface area contributed by atoms with Gasteiger partial charge in [-0.05, 0) is 18.6 Å². The standard InChI is InChI=1S/C23H29O6P/c1-4-5-9-16-29-21(24)15-17-30(26,18-11-7-6-8-12-18)23(25)22-19(27-2)13-10-14-20(22)28-3/h6-8,10-14H,4-5,9,15-17H2,1-3H3. The second kappa shape index (κ2) is 11.6. The second-order valence-electron chi connectivity index (χ2n) is 6.82. The van der Waals surface area contributed by atoms with Gasteiger partial charge in [-0.2, -0.15) is 0 Å². The molecular formula is C23H29O6P. The van der Waals surface area contributed by atoms with Crippen molar-refractivity contribution in [1.29, 1.82) is 0 Å². The second-order valence-corrected chi connectivity index (χ2v) is 9.67. The van der Waals surface area contributed by atoms with Crippen LogP contribution in [-0.4, -0.2) is 38.5 Å². The molecule has 162 valence electrons. The molecule has 0 amide bonds. The zero-order valence-electron chi connectivity index (χ0n) is 17.8. The molecule has 0 aromatic heterocycles. The van der Waals surface area contributed by atoms with E-state index in [1.54, 1.807) is 48.5 Å². The number of hydrogen-bond donors (Lipinski definition) is 0. The monoisotopic (exact) mass is 432 g/mol. The molecule has 0 aliphatic carbocycles. The molecule has 1 unspecified atom stereocenters. The molecule has 0 heterocycles. The Morgan fingerprint density at radius 3 is 2.10 bits per heavy atom. The summed E-state index contributed by atoms with van der Waals surface area (Å²) in [7, 11) is -0.789. The van der Waals surface area contributed by atoms with Crippen LogP contribution in [-0.2, 0) is 14.1 Å². The minimum atomic E-state index is -3.66. The smallest absolute Gasteiger partial charge is 0.306 e. The normalized spacial score (nSPS) is 12.6. The Morgan fingerprint density at radius 2 is 1.53 bits per heavy atom. The van der Waals surface area contributed by atoms with Crippen LogP contribution in [0.5, 0.6) is 11.5 Å². The Balaban J connectivity index is 2.34. The largest absolute Gasteiger partial charge is 0.496 e. The van der Waals surface area contributed by atoms with E-state index in [-0.39, 0.29) is 29.6 Å². The molecule has 0 radical (unpaired) electrons. The van der Waals surface area contributed by atoms with Crippen LogP contribution >= 0.6 is 7.14 Å². The first-order valence-corrected chi connectivity index (χ1v) is 11.9. The van der Waals surface area contributed by atoms with Crippen molar-refractivity contribution in [3.8, 4) is 11.5 Å².